The largest absolute Gasteiger partial charge is 0.617 e. The summed E-state index contributed by atoms with van der Waals surface area (Å²) in [5.74, 6) is -1.85. The molecule has 0 fully saturated rings. The minimum atomic E-state index is -1.30. The van der Waals surface area contributed by atoms with Crippen molar-refractivity contribution >= 4 is 28.0 Å². The molecule has 1 heterocycles. The van der Waals surface area contributed by atoms with E-state index in [0.717, 1.165) is 12.1 Å². The molecule has 0 atom stereocenters. The summed E-state index contributed by atoms with van der Waals surface area (Å²) in [4.78, 5) is 10.9. The number of nitrogens with zero attached hydrogens (tertiary/aromatic N) is 2. The number of hydrogen-bond acceptors (Lipinski definition) is 4. The maximum atomic E-state index is 12.2. The molecule has 0 amide bonds. The standard InChI is InChI=1S/C13H8N2O5/c16-11-6-7(13(17)18)5-10-12(11)15(20)9-4-2-1-3-8(9)14(10)19/h1-6,16H,(H,17,18). The maximum Gasteiger partial charge on any atom is 0.336 e. The normalized spacial score (nSPS) is 11.0. The topological polar surface area (TPSA) is 111 Å². The van der Waals surface area contributed by atoms with Gasteiger partial charge in [0.25, 0.3) is 16.6 Å². The number of phenolic OH excluding ortho intramolecular Hbond substituents is 1. The van der Waals surface area contributed by atoms with E-state index in [1.54, 1.807) is 12.1 Å². The summed E-state index contributed by atoms with van der Waals surface area (Å²) < 4.78 is 0.852. The zero-order valence-corrected chi connectivity index (χ0v) is 9.98. The van der Waals surface area contributed by atoms with Crippen molar-refractivity contribution in [3.63, 3.8) is 0 Å². The van der Waals surface area contributed by atoms with Crippen LogP contribution in [-0.2, 0) is 0 Å². The fourth-order valence-corrected chi connectivity index (χ4v) is 2.15. The highest BCUT2D eigenvalue weighted by Crippen LogP contribution is 2.23. The number of hydrogen-bond donors (Lipinski definition) is 2. The smallest absolute Gasteiger partial charge is 0.336 e. The van der Waals surface area contributed by atoms with E-state index in [2.05, 4.69) is 0 Å². The molecule has 0 aliphatic carbocycles. The summed E-state index contributed by atoms with van der Waals surface area (Å²) in [5, 5.41) is 43.2. The molecule has 0 saturated carbocycles. The first kappa shape index (κ1) is 12.0. The second-order valence-electron chi connectivity index (χ2n) is 4.25. The second kappa shape index (κ2) is 3.95. The van der Waals surface area contributed by atoms with Crippen molar-refractivity contribution in [1.29, 1.82) is 0 Å². The third kappa shape index (κ3) is 1.50. The Bertz CT molecular complexity index is 876. The van der Waals surface area contributed by atoms with E-state index in [1.165, 1.54) is 12.1 Å². The molecule has 3 rings (SSSR count). The van der Waals surface area contributed by atoms with Crippen molar-refractivity contribution in [2.75, 3.05) is 0 Å². The highest BCUT2D eigenvalue weighted by atomic mass is 16.5. The Morgan fingerprint density at radius 3 is 2.20 bits per heavy atom. The molecular formula is C13H8N2O5. The molecule has 0 aliphatic rings. The van der Waals surface area contributed by atoms with Gasteiger partial charge in [0.15, 0.2) is 5.75 Å². The van der Waals surface area contributed by atoms with Gasteiger partial charge in [-0.25, -0.2) is 4.79 Å². The predicted molar refractivity (Wildman–Crippen MR) is 68.0 cm³/mol. The van der Waals surface area contributed by atoms with Crippen LogP contribution in [0.1, 0.15) is 10.4 Å². The van der Waals surface area contributed by atoms with Crippen molar-refractivity contribution in [1.82, 2.24) is 0 Å². The summed E-state index contributed by atoms with van der Waals surface area (Å²) >= 11 is 0. The van der Waals surface area contributed by atoms with Gasteiger partial charge in [0.2, 0.25) is 0 Å². The number of aromatic nitrogens is 2. The Labute approximate surface area is 111 Å². The minimum Gasteiger partial charge on any atom is -0.617 e. The fraction of sp³-hybridized carbons (Fsp3) is 0. The molecule has 0 spiro atoms. The number of rotatable bonds is 1. The highest BCUT2D eigenvalue weighted by Gasteiger charge is 2.26. The fourth-order valence-electron chi connectivity index (χ4n) is 2.15. The Balaban J connectivity index is 2.59. The Kier molecular flexibility index (Phi) is 2.37. The number of benzene rings is 2. The summed E-state index contributed by atoms with van der Waals surface area (Å²) in [7, 11) is 0. The minimum absolute atomic E-state index is 0.0911. The first-order valence-electron chi connectivity index (χ1n) is 5.64. The van der Waals surface area contributed by atoms with Crippen LogP contribution >= 0.6 is 0 Å². The average molecular weight is 272 g/mol. The molecular weight excluding hydrogens is 264 g/mol. The first-order valence-corrected chi connectivity index (χ1v) is 5.64. The summed E-state index contributed by atoms with van der Waals surface area (Å²) in [6, 6.07) is 8.06. The van der Waals surface area contributed by atoms with E-state index >= 15 is 0 Å². The third-order valence-corrected chi connectivity index (χ3v) is 3.06. The summed E-state index contributed by atoms with van der Waals surface area (Å²) in [6.45, 7) is 0. The van der Waals surface area contributed by atoms with Crippen LogP contribution in [0.3, 0.4) is 0 Å². The van der Waals surface area contributed by atoms with Crippen LogP contribution < -0.4 is 9.46 Å². The van der Waals surface area contributed by atoms with Crippen molar-refractivity contribution in [3.05, 3.63) is 52.4 Å². The lowest BCUT2D eigenvalue weighted by molar-refractivity contribution is -0.591. The van der Waals surface area contributed by atoms with Gasteiger partial charge in [0.1, 0.15) is 0 Å². The van der Waals surface area contributed by atoms with Crippen LogP contribution in [0.4, 0.5) is 0 Å². The molecule has 0 aliphatic heterocycles. The van der Waals surface area contributed by atoms with Crippen molar-refractivity contribution < 1.29 is 24.5 Å². The molecule has 20 heavy (non-hydrogen) atoms. The molecule has 7 nitrogen and oxygen atoms in total. The van der Waals surface area contributed by atoms with Gasteiger partial charge in [0.05, 0.1) is 5.56 Å². The average Bonchev–Trinajstić information content (AvgIpc) is 2.44. The van der Waals surface area contributed by atoms with E-state index in [9.17, 15) is 20.3 Å². The molecule has 0 unspecified atom stereocenters. The monoisotopic (exact) mass is 272 g/mol. The van der Waals surface area contributed by atoms with Crippen LogP contribution in [0, 0.1) is 10.4 Å². The third-order valence-electron chi connectivity index (χ3n) is 3.06. The van der Waals surface area contributed by atoms with Crippen LogP contribution in [0.25, 0.3) is 22.1 Å². The number of carboxylic acid groups (broad SMARTS) is 1. The molecule has 100 valence electrons. The van der Waals surface area contributed by atoms with Gasteiger partial charge >= 0.3 is 11.5 Å². The molecule has 1 aromatic heterocycles. The van der Waals surface area contributed by atoms with Gasteiger partial charge in [-0.2, -0.15) is 9.46 Å². The Morgan fingerprint density at radius 2 is 1.60 bits per heavy atom. The van der Waals surface area contributed by atoms with Crippen molar-refractivity contribution in [2.24, 2.45) is 0 Å². The Morgan fingerprint density at radius 1 is 1.00 bits per heavy atom. The lowest BCUT2D eigenvalue weighted by atomic mass is 10.1. The second-order valence-corrected chi connectivity index (χ2v) is 4.25. The Hall–Kier alpha value is -3.09. The van der Waals surface area contributed by atoms with Crippen LogP contribution in [0.2, 0.25) is 0 Å². The number of aromatic hydroxyl groups is 1. The molecule has 2 N–H and O–H groups in total. The zero-order valence-electron chi connectivity index (χ0n) is 9.98. The van der Waals surface area contributed by atoms with E-state index < -0.39 is 11.7 Å². The summed E-state index contributed by atoms with van der Waals surface area (Å²) in [5.41, 5.74) is -0.542. The van der Waals surface area contributed by atoms with Crippen LogP contribution in [0.5, 0.6) is 5.75 Å². The van der Waals surface area contributed by atoms with Gasteiger partial charge in [0, 0.05) is 24.3 Å². The number of para-hydroxylation sites is 2. The van der Waals surface area contributed by atoms with Crippen LogP contribution in [-0.4, -0.2) is 16.2 Å². The molecule has 0 bridgehead atoms. The number of fused-ring (bicyclic) bond motifs is 2. The first-order chi connectivity index (χ1) is 9.50. The zero-order chi connectivity index (χ0) is 14.4. The SMILES string of the molecule is O=C(O)c1cc(O)c2c(c1)[n+]([O-])c1ccccc1[n+]2[O-]. The molecule has 7 heteroatoms. The van der Waals surface area contributed by atoms with E-state index in [-0.39, 0.29) is 27.6 Å². The lowest BCUT2D eigenvalue weighted by Crippen LogP contribution is -2.39. The number of phenols is 1. The van der Waals surface area contributed by atoms with Gasteiger partial charge < -0.3 is 20.6 Å². The van der Waals surface area contributed by atoms with Crippen LogP contribution in [0.15, 0.2) is 36.4 Å². The molecule has 0 radical (unpaired) electrons. The van der Waals surface area contributed by atoms with E-state index in [1.807, 2.05) is 0 Å². The van der Waals surface area contributed by atoms with E-state index in [4.69, 9.17) is 5.11 Å². The van der Waals surface area contributed by atoms with Gasteiger partial charge in [-0.15, -0.1) is 0 Å². The number of aromatic carboxylic acids is 1. The number of carbonyl (C=O) groups is 1. The predicted octanol–water partition coefficient (Wildman–Crippen LogP) is 0.664. The summed E-state index contributed by atoms with van der Waals surface area (Å²) in [6.07, 6.45) is 0. The lowest BCUT2D eigenvalue weighted by Gasteiger charge is -2.08. The maximum absolute atomic E-state index is 12.2. The number of carboxylic acids is 1. The van der Waals surface area contributed by atoms with Crippen molar-refractivity contribution in [3.8, 4) is 5.75 Å². The molecule has 3 aromatic rings. The van der Waals surface area contributed by atoms with Gasteiger partial charge in [-0.3, -0.25) is 0 Å². The quantitative estimate of drug-likeness (QED) is 0.384. The molecule has 2 aromatic carbocycles. The molecule has 0 saturated heterocycles. The van der Waals surface area contributed by atoms with E-state index in [0.29, 0.717) is 9.46 Å². The van der Waals surface area contributed by atoms with Crippen molar-refractivity contribution in [2.45, 2.75) is 0 Å². The van der Waals surface area contributed by atoms with Gasteiger partial charge in [-0.1, -0.05) is 12.1 Å². The van der Waals surface area contributed by atoms with Gasteiger partial charge in [-0.05, 0) is 0 Å². The highest BCUT2D eigenvalue weighted by molar-refractivity contribution is 5.93.